The van der Waals surface area contributed by atoms with Gasteiger partial charge in [0.2, 0.25) is 5.91 Å². The first-order valence-electron chi connectivity index (χ1n) is 10.3. The average molecular weight is 425 g/mol. The number of ether oxygens (including phenoxy) is 1. The molecule has 0 spiro atoms. The number of nitrogens with one attached hydrogen (secondary N) is 1. The van der Waals surface area contributed by atoms with Crippen LogP contribution in [0.1, 0.15) is 27.4 Å². The molecular weight excluding hydrogens is 402 g/mol. The molecule has 0 bridgehead atoms. The van der Waals surface area contributed by atoms with Crippen LogP contribution in [-0.4, -0.2) is 23.4 Å². The van der Waals surface area contributed by atoms with Gasteiger partial charge in [0.05, 0.1) is 11.5 Å². The van der Waals surface area contributed by atoms with Crippen LogP contribution >= 0.6 is 0 Å². The number of nitrogens with zero attached hydrogens (tertiary/aromatic N) is 1. The molecule has 32 heavy (non-hydrogen) atoms. The summed E-state index contributed by atoms with van der Waals surface area (Å²) in [6, 6.07) is 21.6. The standard InChI is InChI=1S/C26H23N3O3/c1-17-13-20(8-10-24(17)32-26(31)18-5-3-2-4-6-18)23(15-27)25(30)29-22-9-7-21-16-28-12-11-19(21)14-22/h2-14,16,23H,15,27H2,1H3,(H,29,30). The van der Waals surface area contributed by atoms with Gasteiger partial charge in [0.15, 0.2) is 0 Å². The quantitative estimate of drug-likeness (QED) is 0.352. The van der Waals surface area contributed by atoms with E-state index in [1.165, 1.54) is 0 Å². The monoisotopic (exact) mass is 425 g/mol. The molecule has 1 atom stereocenters. The summed E-state index contributed by atoms with van der Waals surface area (Å²) in [5, 5.41) is 4.93. The molecule has 0 aliphatic rings. The van der Waals surface area contributed by atoms with E-state index in [2.05, 4.69) is 10.3 Å². The van der Waals surface area contributed by atoms with Crippen molar-refractivity contribution in [3.63, 3.8) is 0 Å². The van der Waals surface area contributed by atoms with E-state index in [-0.39, 0.29) is 12.5 Å². The zero-order valence-corrected chi connectivity index (χ0v) is 17.6. The number of hydrogen-bond donors (Lipinski definition) is 2. The molecule has 160 valence electrons. The molecule has 0 saturated heterocycles. The van der Waals surface area contributed by atoms with E-state index in [4.69, 9.17) is 10.5 Å². The zero-order valence-electron chi connectivity index (χ0n) is 17.6. The van der Waals surface area contributed by atoms with Crippen LogP contribution in [0, 0.1) is 6.92 Å². The zero-order chi connectivity index (χ0) is 22.5. The SMILES string of the molecule is Cc1cc(C(CN)C(=O)Nc2ccc3cnccc3c2)ccc1OC(=O)c1ccccc1. The third kappa shape index (κ3) is 4.66. The number of carbonyl (C=O) groups is 2. The maximum absolute atomic E-state index is 13.0. The third-order valence-electron chi connectivity index (χ3n) is 5.27. The Balaban J connectivity index is 1.49. The van der Waals surface area contributed by atoms with Crippen molar-refractivity contribution in [2.45, 2.75) is 12.8 Å². The van der Waals surface area contributed by atoms with Crippen LogP contribution < -0.4 is 15.8 Å². The van der Waals surface area contributed by atoms with Crippen molar-refractivity contribution in [1.29, 1.82) is 0 Å². The largest absolute Gasteiger partial charge is 0.423 e. The van der Waals surface area contributed by atoms with Crippen molar-refractivity contribution in [3.8, 4) is 5.75 Å². The maximum Gasteiger partial charge on any atom is 0.343 e. The fourth-order valence-electron chi connectivity index (χ4n) is 3.52. The lowest BCUT2D eigenvalue weighted by molar-refractivity contribution is -0.117. The summed E-state index contributed by atoms with van der Waals surface area (Å²) < 4.78 is 5.52. The summed E-state index contributed by atoms with van der Waals surface area (Å²) in [6.07, 6.45) is 3.49. The molecule has 0 aliphatic heterocycles. The minimum absolute atomic E-state index is 0.145. The van der Waals surface area contributed by atoms with Crippen LogP contribution in [0.15, 0.2) is 85.2 Å². The van der Waals surface area contributed by atoms with Gasteiger partial charge < -0.3 is 15.8 Å². The van der Waals surface area contributed by atoms with Crippen LogP contribution in [0.3, 0.4) is 0 Å². The van der Waals surface area contributed by atoms with E-state index in [1.807, 2.05) is 43.3 Å². The van der Waals surface area contributed by atoms with Crippen molar-refractivity contribution in [2.24, 2.45) is 5.73 Å². The van der Waals surface area contributed by atoms with Gasteiger partial charge in [0.25, 0.3) is 0 Å². The lowest BCUT2D eigenvalue weighted by atomic mass is 9.96. The Morgan fingerprint density at radius 2 is 1.81 bits per heavy atom. The number of benzene rings is 3. The highest BCUT2D eigenvalue weighted by Crippen LogP contribution is 2.26. The normalized spacial score (nSPS) is 11.7. The van der Waals surface area contributed by atoms with Crippen LogP contribution in [0.25, 0.3) is 10.8 Å². The Labute approximate surface area is 186 Å². The Morgan fingerprint density at radius 3 is 2.56 bits per heavy atom. The second kappa shape index (κ2) is 9.41. The second-order valence-electron chi connectivity index (χ2n) is 7.50. The first-order valence-corrected chi connectivity index (χ1v) is 10.3. The van der Waals surface area contributed by atoms with Gasteiger partial charge in [-0.25, -0.2) is 4.79 Å². The topological polar surface area (TPSA) is 94.3 Å². The number of pyridine rings is 1. The van der Waals surface area contributed by atoms with Crippen molar-refractivity contribution < 1.29 is 14.3 Å². The van der Waals surface area contributed by atoms with E-state index >= 15 is 0 Å². The van der Waals surface area contributed by atoms with Gasteiger partial charge in [-0.1, -0.05) is 36.4 Å². The van der Waals surface area contributed by atoms with E-state index in [0.717, 1.165) is 21.9 Å². The Hall–Kier alpha value is -4.03. The fraction of sp³-hybridized carbons (Fsp3) is 0.115. The molecular formula is C26H23N3O3. The second-order valence-corrected chi connectivity index (χ2v) is 7.50. The minimum atomic E-state index is -0.541. The van der Waals surface area contributed by atoms with Gasteiger partial charge in [-0.05, 0) is 59.8 Å². The molecule has 6 heteroatoms. The molecule has 0 saturated carbocycles. The minimum Gasteiger partial charge on any atom is -0.423 e. The summed E-state index contributed by atoms with van der Waals surface area (Å²) in [4.78, 5) is 29.4. The lowest BCUT2D eigenvalue weighted by Crippen LogP contribution is -2.27. The smallest absolute Gasteiger partial charge is 0.343 e. The summed E-state index contributed by atoms with van der Waals surface area (Å²) in [5.41, 5.74) is 8.61. The Kier molecular flexibility index (Phi) is 6.24. The predicted octanol–water partition coefficient (Wildman–Crippen LogP) is 4.44. The molecule has 3 aromatic carbocycles. The first-order chi connectivity index (χ1) is 15.5. The predicted molar refractivity (Wildman–Crippen MR) is 125 cm³/mol. The number of anilines is 1. The van der Waals surface area contributed by atoms with Gasteiger partial charge in [-0.2, -0.15) is 0 Å². The molecule has 1 amide bonds. The van der Waals surface area contributed by atoms with Crippen LogP contribution in [-0.2, 0) is 4.79 Å². The number of carbonyl (C=O) groups excluding carboxylic acids is 2. The highest BCUT2D eigenvalue weighted by Gasteiger charge is 2.21. The van der Waals surface area contributed by atoms with Crippen LogP contribution in [0.5, 0.6) is 5.75 Å². The molecule has 4 rings (SSSR count). The van der Waals surface area contributed by atoms with Gasteiger partial charge >= 0.3 is 5.97 Å². The lowest BCUT2D eigenvalue weighted by Gasteiger charge is -2.17. The van der Waals surface area contributed by atoms with Crippen molar-refractivity contribution in [1.82, 2.24) is 4.98 Å². The van der Waals surface area contributed by atoms with Crippen molar-refractivity contribution >= 4 is 28.3 Å². The van der Waals surface area contributed by atoms with E-state index in [1.54, 1.807) is 48.8 Å². The molecule has 6 nitrogen and oxygen atoms in total. The molecule has 0 radical (unpaired) electrons. The molecule has 1 unspecified atom stereocenters. The highest BCUT2D eigenvalue weighted by atomic mass is 16.5. The van der Waals surface area contributed by atoms with Gasteiger partial charge in [0, 0.05) is 30.0 Å². The van der Waals surface area contributed by atoms with Crippen LogP contribution in [0.4, 0.5) is 5.69 Å². The molecule has 3 N–H and O–H groups in total. The summed E-state index contributed by atoms with van der Waals surface area (Å²) in [6.45, 7) is 1.98. The first kappa shape index (κ1) is 21.2. The number of nitrogens with two attached hydrogens (primary N) is 1. The summed E-state index contributed by atoms with van der Waals surface area (Å²) >= 11 is 0. The highest BCUT2D eigenvalue weighted by molar-refractivity contribution is 5.98. The Bertz CT molecular complexity index is 1270. The molecule has 0 aliphatic carbocycles. The number of hydrogen-bond acceptors (Lipinski definition) is 5. The summed E-state index contributed by atoms with van der Waals surface area (Å²) in [7, 11) is 0. The maximum atomic E-state index is 13.0. The van der Waals surface area contributed by atoms with E-state index < -0.39 is 11.9 Å². The fourth-order valence-corrected chi connectivity index (χ4v) is 3.52. The van der Waals surface area contributed by atoms with Crippen LogP contribution in [0.2, 0.25) is 0 Å². The molecule has 1 aromatic heterocycles. The third-order valence-corrected chi connectivity index (χ3v) is 5.27. The number of rotatable bonds is 6. The molecule has 4 aromatic rings. The van der Waals surface area contributed by atoms with Gasteiger partial charge in [-0.3, -0.25) is 9.78 Å². The van der Waals surface area contributed by atoms with Gasteiger partial charge in [0.1, 0.15) is 5.75 Å². The summed E-state index contributed by atoms with van der Waals surface area (Å²) in [5.74, 6) is -0.724. The molecule has 1 heterocycles. The van der Waals surface area contributed by atoms with E-state index in [0.29, 0.717) is 17.0 Å². The number of aromatic nitrogens is 1. The number of aryl methyl sites for hydroxylation is 1. The molecule has 0 fully saturated rings. The van der Waals surface area contributed by atoms with E-state index in [9.17, 15) is 9.59 Å². The number of esters is 1. The number of amides is 1. The van der Waals surface area contributed by atoms with Crippen molar-refractivity contribution in [3.05, 3.63) is 102 Å². The average Bonchev–Trinajstić information content (AvgIpc) is 2.81. The van der Waals surface area contributed by atoms with Crippen molar-refractivity contribution in [2.75, 3.05) is 11.9 Å². The number of fused-ring (bicyclic) bond motifs is 1. The Morgan fingerprint density at radius 1 is 1.00 bits per heavy atom. The van der Waals surface area contributed by atoms with Gasteiger partial charge in [-0.15, -0.1) is 0 Å².